The van der Waals surface area contributed by atoms with Crippen LogP contribution < -0.4 is 5.32 Å². The number of urea groups is 1. The fourth-order valence-electron chi connectivity index (χ4n) is 3.51. The van der Waals surface area contributed by atoms with Crippen molar-refractivity contribution in [1.29, 1.82) is 0 Å². The minimum absolute atomic E-state index is 0.0544. The number of carbonyl (C=O) groups excluding carboxylic acids is 3. The molecule has 2 fully saturated rings. The number of hydrogen-bond donors (Lipinski definition) is 1. The summed E-state index contributed by atoms with van der Waals surface area (Å²) in [6.45, 7) is 1.79. The van der Waals surface area contributed by atoms with Crippen LogP contribution in [0.3, 0.4) is 0 Å². The summed E-state index contributed by atoms with van der Waals surface area (Å²) in [5.74, 6) is -0.900. The van der Waals surface area contributed by atoms with Gasteiger partial charge in [-0.3, -0.25) is 14.5 Å². The number of imide groups is 1. The first-order chi connectivity index (χ1) is 12.1. The van der Waals surface area contributed by atoms with Crippen molar-refractivity contribution in [3.63, 3.8) is 0 Å². The van der Waals surface area contributed by atoms with E-state index in [0.717, 1.165) is 17.7 Å². The van der Waals surface area contributed by atoms with E-state index < -0.39 is 42.7 Å². The molecule has 0 unspecified atom stereocenters. The van der Waals surface area contributed by atoms with Gasteiger partial charge in [-0.2, -0.15) is 13.2 Å². The monoisotopic (exact) mass is 377 g/mol. The van der Waals surface area contributed by atoms with Gasteiger partial charge in [0.1, 0.15) is 18.6 Å². The summed E-state index contributed by atoms with van der Waals surface area (Å²) in [6.07, 6.45) is -0.927. The highest BCUT2D eigenvalue weighted by Crippen LogP contribution is 2.36. The lowest BCUT2D eigenvalue weighted by Gasteiger charge is -2.33. The standard InChI is InChI=1S/C17H26F3N3O3/c1-3-4-9-22(11-17(18,19)20)13(24)10-23-14(25)16(21-15(23)26)7-5-12(2)6-8-16/h12H,3-11H2,1-2H3,(H,21,26). The average molecular weight is 377 g/mol. The Bertz CT molecular complexity index is 557. The van der Waals surface area contributed by atoms with Crippen LogP contribution in [0.1, 0.15) is 52.4 Å². The molecule has 9 heteroatoms. The summed E-state index contributed by atoms with van der Waals surface area (Å²) < 4.78 is 38.2. The van der Waals surface area contributed by atoms with Crippen molar-refractivity contribution >= 4 is 17.8 Å². The van der Waals surface area contributed by atoms with Gasteiger partial charge >= 0.3 is 12.2 Å². The molecule has 1 N–H and O–H groups in total. The molecule has 4 amide bonds. The summed E-state index contributed by atoms with van der Waals surface area (Å²) in [5, 5.41) is 2.67. The van der Waals surface area contributed by atoms with Crippen molar-refractivity contribution in [2.75, 3.05) is 19.6 Å². The number of hydrogen-bond acceptors (Lipinski definition) is 3. The number of unbranched alkanes of at least 4 members (excludes halogenated alkanes) is 1. The third-order valence-electron chi connectivity index (χ3n) is 5.17. The van der Waals surface area contributed by atoms with Crippen LogP contribution in [-0.4, -0.2) is 59.0 Å². The van der Waals surface area contributed by atoms with E-state index in [0.29, 0.717) is 36.5 Å². The Morgan fingerprint density at radius 1 is 1.31 bits per heavy atom. The molecule has 0 aromatic heterocycles. The molecule has 1 saturated carbocycles. The Labute approximate surface area is 151 Å². The van der Waals surface area contributed by atoms with Crippen molar-refractivity contribution in [3.8, 4) is 0 Å². The third kappa shape index (κ3) is 4.67. The SMILES string of the molecule is CCCCN(CC(F)(F)F)C(=O)CN1C(=O)NC2(CCC(C)CC2)C1=O. The first kappa shape index (κ1) is 20.5. The molecule has 0 aromatic rings. The number of alkyl halides is 3. The predicted octanol–water partition coefficient (Wildman–Crippen LogP) is 2.68. The van der Waals surface area contributed by atoms with Gasteiger partial charge in [0.15, 0.2) is 0 Å². The van der Waals surface area contributed by atoms with Crippen LogP contribution in [0.4, 0.5) is 18.0 Å². The number of halogens is 3. The van der Waals surface area contributed by atoms with Crippen molar-refractivity contribution in [2.45, 2.75) is 64.1 Å². The molecule has 1 aliphatic heterocycles. The Kier molecular flexibility index (Phi) is 6.18. The first-order valence-electron chi connectivity index (χ1n) is 9.06. The number of rotatable bonds is 6. The van der Waals surface area contributed by atoms with Crippen molar-refractivity contribution < 1.29 is 27.6 Å². The summed E-state index contributed by atoms with van der Waals surface area (Å²) in [5.41, 5.74) is -0.998. The fourth-order valence-corrected chi connectivity index (χ4v) is 3.51. The smallest absolute Gasteiger partial charge is 0.332 e. The Balaban J connectivity index is 2.06. The normalized spacial score (nSPS) is 26.3. The topological polar surface area (TPSA) is 69.7 Å². The molecule has 1 spiro atoms. The van der Waals surface area contributed by atoms with Gasteiger partial charge in [0, 0.05) is 6.54 Å². The van der Waals surface area contributed by atoms with Crippen LogP contribution in [0.25, 0.3) is 0 Å². The number of nitrogens with one attached hydrogen (secondary N) is 1. The highest BCUT2D eigenvalue weighted by molar-refractivity contribution is 6.09. The van der Waals surface area contributed by atoms with E-state index in [1.54, 1.807) is 0 Å². The van der Waals surface area contributed by atoms with Crippen LogP contribution in [0.5, 0.6) is 0 Å². The Morgan fingerprint density at radius 3 is 2.46 bits per heavy atom. The maximum absolute atomic E-state index is 12.7. The molecule has 2 rings (SSSR count). The third-order valence-corrected chi connectivity index (χ3v) is 5.17. The largest absolute Gasteiger partial charge is 0.406 e. The lowest BCUT2D eigenvalue weighted by Crippen LogP contribution is -2.50. The molecule has 1 aliphatic carbocycles. The molecule has 0 atom stereocenters. The van der Waals surface area contributed by atoms with Gasteiger partial charge in [0.25, 0.3) is 5.91 Å². The van der Waals surface area contributed by atoms with E-state index in [-0.39, 0.29) is 6.54 Å². The summed E-state index contributed by atoms with van der Waals surface area (Å²) in [7, 11) is 0. The van der Waals surface area contributed by atoms with Crippen LogP contribution in [0, 0.1) is 5.92 Å². The van der Waals surface area contributed by atoms with E-state index in [9.17, 15) is 27.6 Å². The van der Waals surface area contributed by atoms with E-state index >= 15 is 0 Å². The van der Waals surface area contributed by atoms with Crippen LogP contribution in [0.15, 0.2) is 0 Å². The van der Waals surface area contributed by atoms with E-state index in [4.69, 9.17) is 0 Å². The maximum Gasteiger partial charge on any atom is 0.406 e. The number of nitrogens with zero attached hydrogens (tertiary/aromatic N) is 2. The second-order valence-electron chi connectivity index (χ2n) is 7.37. The zero-order valence-electron chi connectivity index (χ0n) is 15.2. The number of amides is 4. The molecule has 0 radical (unpaired) electrons. The van der Waals surface area contributed by atoms with Crippen LogP contribution >= 0.6 is 0 Å². The van der Waals surface area contributed by atoms with E-state index in [1.165, 1.54) is 0 Å². The fraction of sp³-hybridized carbons (Fsp3) is 0.824. The van der Waals surface area contributed by atoms with E-state index in [2.05, 4.69) is 12.2 Å². The maximum atomic E-state index is 12.7. The lowest BCUT2D eigenvalue weighted by atomic mass is 9.77. The molecule has 2 aliphatic rings. The summed E-state index contributed by atoms with van der Waals surface area (Å²) >= 11 is 0. The van der Waals surface area contributed by atoms with Gasteiger partial charge in [0.2, 0.25) is 5.91 Å². The second kappa shape index (κ2) is 7.84. The lowest BCUT2D eigenvalue weighted by molar-refractivity contribution is -0.162. The predicted molar refractivity (Wildman–Crippen MR) is 88.2 cm³/mol. The second-order valence-corrected chi connectivity index (χ2v) is 7.37. The molecule has 0 bridgehead atoms. The molecule has 1 heterocycles. The highest BCUT2D eigenvalue weighted by Gasteiger charge is 2.52. The van der Waals surface area contributed by atoms with Gasteiger partial charge in [-0.25, -0.2) is 4.79 Å². The van der Waals surface area contributed by atoms with Gasteiger partial charge in [-0.05, 0) is 38.0 Å². The zero-order chi connectivity index (χ0) is 19.5. The van der Waals surface area contributed by atoms with Crippen LogP contribution in [0.2, 0.25) is 0 Å². The van der Waals surface area contributed by atoms with Gasteiger partial charge in [0.05, 0.1) is 0 Å². The highest BCUT2D eigenvalue weighted by atomic mass is 19.4. The van der Waals surface area contributed by atoms with Crippen LogP contribution in [-0.2, 0) is 9.59 Å². The molecule has 1 saturated heterocycles. The minimum Gasteiger partial charge on any atom is -0.332 e. The van der Waals surface area contributed by atoms with Gasteiger partial charge in [-0.1, -0.05) is 20.3 Å². The van der Waals surface area contributed by atoms with E-state index in [1.807, 2.05) is 6.92 Å². The van der Waals surface area contributed by atoms with Crippen molar-refractivity contribution in [1.82, 2.24) is 15.1 Å². The average Bonchev–Trinajstić information content (AvgIpc) is 2.77. The molecular weight excluding hydrogens is 351 g/mol. The Morgan fingerprint density at radius 2 is 1.92 bits per heavy atom. The molecule has 0 aromatic carbocycles. The minimum atomic E-state index is -4.53. The quantitative estimate of drug-likeness (QED) is 0.724. The van der Waals surface area contributed by atoms with Crippen molar-refractivity contribution in [2.24, 2.45) is 5.92 Å². The summed E-state index contributed by atoms with van der Waals surface area (Å²) in [6, 6.07) is -0.694. The molecule has 6 nitrogen and oxygen atoms in total. The van der Waals surface area contributed by atoms with Crippen molar-refractivity contribution in [3.05, 3.63) is 0 Å². The Hall–Kier alpha value is -1.80. The molecular formula is C17H26F3N3O3. The molecule has 148 valence electrons. The first-order valence-corrected chi connectivity index (χ1v) is 9.06. The van der Waals surface area contributed by atoms with Gasteiger partial charge in [-0.15, -0.1) is 0 Å². The molecule has 26 heavy (non-hydrogen) atoms. The number of carbonyl (C=O) groups is 3. The van der Waals surface area contributed by atoms with Gasteiger partial charge < -0.3 is 10.2 Å². The summed E-state index contributed by atoms with van der Waals surface area (Å²) in [4.78, 5) is 38.7. The zero-order valence-corrected chi connectivity index (χ0v) is 15.2.